The normalized spacial score (nSPS) is 21.0. The monoisotopic (exact) mass is 413 g/mol. The molecule has 2 aliphatic rings. The summed E-state index contributed by atoms with van der Waals surface area (Å²) in [5.41, 5.74) is -0.172. The predicted octanol–water partition coefficient (Wildman–Crippen LogP) is 1.12. The molecule has 9 heteroatoms. The lowest BCUT2D eigenvalue weighted by atomic mass is 9.90. The fourth-order valence-electron chi connectivity index (χ4n) is 3.66. The van der Waals surface area contributed by atoms with Crippen molar-refractivity contribution in [2.24, 2.45) is 0 Å². The topological polar surface area (TPSA) is 89.1 Å². The third kappa shape index (κ3) is 4.34. The Morgan fingerprint density at radius 1 is 1.14 bits per heavy atom. The van der Waals surface area contributed by atoms with Gasteiger partial charge in [-0.1, -0.05) is 0 Å². The lowest BCUT2D eigenvalue weighted by Crippen LogP contribution is -2.57. The Hall–Kier alpha value is -2.03. The Balaban J connectivity index is 0.00000280. The van der Waals surface area contributed by atoms with Gasteiger partial charge in [-0.05, 0) is 32.4 Å². The van der Waals surface area contributed by atoms with Crippen LogP contribution in [-0.2, 0) is 14.3 Å². The van der Waals surface area contributed by atoms with E-state index in [9.17, 15) is 9.59 Å². The smallest absolute Gasteiger partial charge is 0.252 e. The Labute approximate surface area is 171 Å². The average Bonchev–Trinajstić information content (AvgIpc) is 3.08. The SMILES string of the molecule is COc1cc(OC)cc(N2CCC(NC(=O)C3(OC)CCNCC3)C2=O)c1.Cl. The first-order chi connectivity index (χ1) is 13.0. The zero-order valence-electron chi connectivity index (χ0n) is 16.4. The molecule has 0 saturated carbocycles. The summed E-state index contributed by atoms with van der Waals surface area (Å²) >= 11 is 0. The number of ether oxygens (including phenoxy) is 3. The predicted molar refractivity (Wildman–Crippen MR) is 108 cm³/mol. The van der Waals surface area contributed by atoms with Gasteiger partial charge in [-0.3, -0.25) is 9.59 Å². The zero-order chi connectivity index (χ0) is 19.4. The van der Waals surface area contributed by atoms with Crippen LogP contribution in [0.3, 0.4) is 0 Å². The zero-order valence-corrected chi connectivity index (χ0v) is 17.3. The van der Waals surface area contributed by atoms with E-state index in [4.69, 9.17) is 14.2 Å². The second-order valence-corrected chi connectivity index (χ2v) is 6.82. The molecular formula is C19H28ClN3O5. The van der Waals surface area contributed by atoms with Crippen molar-refractivity contribution < 1.29 is 23.8 Å². The van der Waals surface area contributed by atoms with E-state index >= 15 is 0 Å². The Morgan fingerprint density at radius 2 is 1.75 bits per heavy atom. The molecule has 0 bridgehead atoms. The number of nitrogens with zero attached hydrogens (tertiary/aromatic N) is 1. The van der Waals surface area contributed by atoms with E-state index in [-0.39, 0.29) is 24.2 Å². The summed E-state index contributed by atoms with van der Waals surface area (Å²) in [5.74, 6) is 0.865. The van der Waals surface area contributed by atoms with Gasteiger partial charge in [-0.25, -0.2) is 0 Å². The molecule has 156 valence electrons. The van der Waals surface area contributed by atoms with Gasteiger partial charge in [0.05, 0.1) is 19.9 Å². The van der Waals surface area contributed by atoms with Crippen LogP contribution in [0.15, 0.2) is 18.2 Å². The highest BCUT2D eigenvalue weighted by atomic mass is 35.5. The molecule has 2 N–H and O–H groups in total. The molecule has 2 saturated heterocycles. The van der Waals surface area contributed by atoms with E-state index < -0.39 is 11.6 Å². The Kier molecular flexibility index (Phi) is 7.51. The van der Waals surface area contributed by atoms with E-state index in [0.717, 1.165) is 13.1 Å². The summed E-state index contributed by atoms with van der Waals surface area (Å²) in [6, 6.07) is 4.77. The van der Waals surface area contributed by atoms with Gasteiger partial charge in [0.15, 0.2) is 0 Å². The van der Waals surface area contributed by atoms with Crippen molar-refractivity contribution in [1.29, 1.82) is 0 Å². The molecule has 0 aromatic heterocycles. The van der Waals surface area contributed by atoms with Gasteiger partial charge in [-0.15, -0.1) is 12.4 Å². The molecule has 8 nitrogen and oxygen atoms in total. The largest absolute Gasteiger partial charge is 0.497 e. The van der Waals surface area contributed by atoms with E-state index in [0.29, 0.717) is 43.0 Å². The number of nitrogens with one attached hydrogen (secondary N) is 2. The van der Waals surface area contributed by atoms with Crippen molar-refractivity contribution in [2.45, 2.75) is 30.9 Å². The second-order valence-electron chi connectivity index (χ2n) is 6.82. The number of halogens is 1. The van der Waals surface area contributed by atoms with Crippen molar-refractivity contribution in [1.82, 2.24) is 10.6 Å². The Bertz CT molecular complexity index is 687. The number of rotatable bonds is 6. The van der Waals surface area contributed by atoms with Crippen molar-refractivity contribution in [2.75, 3.05) is 45.9 Å². The summed E-state index contributed by atoms with van der Waals surface area (Å²) in [6.45, 7) is 1.95. The van der Waals surface area contributed by atoms with Crippen LogP contribution in [0.5, 0.6) is 11.5 Å². The quantitative estimate of drug-likeness (QED) is 0.726. The summed E-state index contributed by atoms with van der Waals surface area (Å²) in [6.07, 6.45) is 1.72. The highest BCUT2D eigenvalue weighted by Crippen LogP contribution is 2.31. The molecule has 0 aliphatic carbocycles. The molecule has 1 aromatic rings. The first-order valence-electron chi connectivity index (χ1n) is 9.14. The summed E-state index contributed by atoms with van der Waals surface area (Å²) in [4.78, 5) is 27.4. The summed E-state index contributed by atoms with van der Waals surface area (Å²) < 4.78 is 16.1. The molecule has 1 unspecified atom stereocenters. The lowest BCUT2D eigenvalue weighted by molar-refractivity contribution is -0.148. The van der Waals surface area contributed by atoms with Gasteiger partial charge in [0.1, 0.15) is 23.1 Å². The number of hydrogen-bond donors (Lipinski definition) is 2. The molecule has 3 rings (SSSR count). The minimum absolute atomic E-state index is 0. The number of piperidine rings is 1. The van der Waals surface area contributed by atoms with E-state index in [1.165, 1.54) is 0 Å². The molecule has 0 spiro atoms. The van der Waals surface area contributed by atoms with Gasteiger partial charge in [0, 0.05) is 31.9 Å². The first-order valence-corrected chi connectivity index (χ1v) is 9.14. The maximum Gasteiger partial charge on any atom is 0.252 e. The lowest BCUT2D eigenvalue weighted by Gasteiger charge is -2.35. The highest BCUT2D eigenvalue weighted by molar-refractivity contribution is 6.02. The minimum atomic E-state index is -0.863. The van der Waals surface area contributed by atoms with Crippen LogP contribution in [0.25, 0.3) is 0 Å². The molecule has 1 aromatic carbocycles. The second kappa shape index (κ2) is 9.45. The number of hydrogen-bond acceptors (Lipinski definition) is 6. The van der Waals surface area contributed by atoms with Gasteiger partial charge >= 0.3 is 0 Å². The summed E-state index contributed by atoms with van der Waals surface area (Å²) in [5, 5.41) is 6.12. The van der Waals surface area contributed by atoms with Gasteiger partial charge in [0.25, 0.3) is 5.91 Å². The number of carbonyl (C=O) groups is 2. The molecule has 2 heterocycles. The first kappa shape index (κ1) is 22.3. The van der Waals surface area contributed by atoms with E-state index in [1.807, 2.05) is 0 Å². The standard InChI is InChI=1S/C19H27N3O5.ClH/c1-25-14-10-13(11-15(12-14)26-2)22-9-4-16(17(22)23)21-18(24)19(27-3)5-7-20-8-6-19;/h10-12,16,20H,4-9H2,1-3H3,(H,21,24);1H. The maximum absolute atomic E-state index is 12.9. The van der Waals surface area contributed by atoms with Crippen LogP contribution in [0.4, 0.5) is 5.69 Å². The van der Waals surface area contributed by atoms with E-state index in [2.05, 4.69) is 10.6 Å². The third-order valence-electron chi connectivity index (χ3n) is 5.37. The van der Waals surface area contributed by atoms with Crippen LogP contribution in [-0.4, -0.2) is 64.4 Å². The molecule has 1 atom stereocenters. The molecule has 2 amide bonds. The molecular weight excluding hydrogens is 386 g/mol. The number of amides is 2. The number of carbonyl (C=O) groups excluding carboxylic acids is 2. The number of methoxy groups -OCH3 is 3. The van der Waals surface area contributed by atoms with E-state index in [1.54, 1.807) is 44.4 Å². The van der Waals surface area contributed by atoms with Crippen LogP contribution >= 0.6 is 12.4 Å². The van der Waals surface area contributed by atoms with Gasteiger partial charge in [-0.2, -0.15) is 0 Å². The molecule has 0 radical (unpaired) electrons. The fourth-order valence-corrected chi connectivity index (χ4v) is 3.66. The average molecular weight is 414 g/mol. The molecule has 28 heavy (non-hydrogen) atoms. The van der Waals surface area contributed by atoms with Crippen LogP contribution in [0, 0.1) is 0 Å². The molecule has 2 aliphatic heterocycles. The highest BCUT2D eigenvalue weighted by Gasteiger charge is 2.43. The van der Waals surface area contributed by atoms with Crippen molar-refractivity contribution in [3.8, 4) is 11.5 Å². The number of benzene rings is 1. The molecule has 2 fully saturated rings. The van der Waals surface area contributed by atoms with Crippen LogP contribution in [0.1, 0.15) is 19.3 Å². The third-order valence-corrected chi connectivity index (χ3v) is 5.37. The maximum atomic E-state index is 12.9. The van der Waals surface area contributed by atoms with Crippen molar-refractivity contribution in [3.05, 3.63) is 18.2 Å². The van der Waals surface area contributed by atoms with Gasteiger partial charge in [0.2, 0.25) is 5.91 Å². The summed E-state index contributed by atoms with van der Waals surface area (Å²) in [7, 11) is 4.68. The van der Waals surface area contributed by atoms with Crippen LogP contribution < -0.4 is 25.0 Å². The van der Waals surface area contributed by atoms with Gasteiger partial charge < -0.3 is 29.7 Å². The Morgan fingerprint density at radius 3 is 2.29 bits per heavy atom. The fraction of sp³-hybridized carbons (Fsp3) is 0.579. The van der Waals surface area contributed by atoms with Crippen molar-refractivity contribution >= 4 is 29.9 Å². The number of anilines is 1. The van der Waals surface area contributed by atoms with Crippen molar-refractivity contribution in [3.63, 3.8) is 0 Å². The van der Waals surface area contributed by atoms with Crippen LogP contribution in [0.2, 0.25) is 0 Å². The minimum Gasteiger partial charge on any atom is -0.497 e.